The van der Waals surface area contributed by atoms with E-state index in [4.69, 9.17) is 4.74 Å². The number of hydrogen-bond donors (Lipinski definition) is 2. The molecule has 2 atom stereocenters. The van der Waals surface area contributed by atoms with E-state index in [2.05, 4.69) is 26.1 Å². The van der Waals surface area contributed by atoms with Gasteiger partial charge in [0.15, 0.2) is 0 Å². The van der Waals surface area contributed by atoms with Crippen LogP contribution < -0.4 is 5.32 Å². The Kier molecular flexibility index (Phi) is 9.86. The van der Waals surface area contributed by atoms with Crippen molar-refractivity contribution < 1.29 is 14.6 Å². The molecule has 0 aromatic carbocycles. The summed E-state index contributed by atoms with van der Waals surface area (Å²) in [5, 5.41) is 12.4. The molecule has 20 heavy (non-hydrogen) atoms. The molecule has 0 aliphatic carbocycles. The van der Waals surface area contributed by atoms with Crippen LogP contribution >= 0.6 is 0 Å². The molecule has 0 saturated carbocycles. The summed E-state index contributed by atoms with van der Waals surface area (Å²) in [5.74, 6) is -0.112. The zero-order chi connectivity index (χ0) is 15.6. The standard InChI is InChI=1S/C16H33NO3/c1-6-10-17-16(5,15(18)19)9-7-8-11-20-14(4)12-13(2)3/h13-14,17H,6-12H2,1-5H3,(H,18,19). The lowest BCUT2D eigenvalue weighted by Crippen LogP contribution is -2.49. The van der Waals surface area contributed by atoms with Gasteiger partial charge in [0.2, 0.25) is 0 Å². The first-order chi connectivity index (χ1) is 9.31. The molecular weight excluding hydrogens is 254 g/mol. The van der Waals surface area contributed by atoms with Gasteiger partial charge < -0.3 is 15.2 Å². The van der Waals surface area contributed by atoms with Crippen LogP contribution in [-0.4, -0.2) is 35.9 Å². The van der Waals surface area contributed by atoms with Crippen LogP contribution in [0.4, 0.5) is 0 Å². The predicted octanol–water partition coefficient (Wildman–Crippen LogP) is 3.45. The Hall–Kier alpha value is -0.610. The molecule has 0 saturated heterocycles. The first-order valence-corrected chi connectivity index (χ1v) is 7.91. The molecule has 0 rings (SSSR count). The van der Waals surface area contributed by atoms with Crippen molar-refractivity contribution in [2.45, 2.75) is 78.4 Å². The second-order valence-corrected chi connectivity index (χ2v) is 6.33. The summed E-state index contributed by atoms with van der Waals surface area (Å²) in [7, 11) is 0. The molecular formula is C16H33NO3. The summed E-state index contributed by atoms with van der Waals surface area (Å²) >= 11 is 0. The van der Waals surface area contributed by atoms with Crippen LogP contribution in [0, 0.1) is 5.92 Å². The van der Waals surface area contributed by atoms with Gasteiger partial charge in [-0.2, -0.15) is 0 Å². The number of rotatable bonds is 12. The van der Waals surface area contributed by atoms with Crippen LogP contribution in [0.1, 0.15) is 66.7 Å². The maximum absolute atomic E-state index is 11.3. The molecule has 2 N–H and O–H groups in total. The van der Waals surface area contributed by atoms with Crippen LogP contribution in [0.25, 0.3) is 0 Å². The third-order valence-corrected chi connectivity index (χ3v) is 3.51. The van der Waals surface area contributed by atoms with Crippen molar-refractivity contribution in [2.75, 3.05) is 13.2 Å². The smallest absolute Gasteiger partial charge is 0.323 e. The fourth-order valence-electron chi connectivity index (χ4n) is 2.27. The number of carboxylic acids is 1. The van der Waals surface area contributed by atoms with Gasteiger partial charge in [0.05, 0.1) is 6.10 Å². The van der Waals surface area contributed by atoms with Gasteiger partial charge in [-0.05, 0) is 58.4 Å². The predicted molar refractivity (Wildman–Crippen MR) is 83.1 cm³/mol. The zero-order valence-corrected chi connectivity index (χ0v) is 13.9. The molecule has 0 radical (unpaired) electrons. The number of carboxylic acid groups (broad SMARTS) is 1. The molecule has 0 amide bonds. The van der Waals surface area contributed by atoms with Gasteiger partial charge >= 0.3 is 5.97 Å². The van der Waals surface area contributed by atoms with E-state index in [1.807, 2.05) is 6.92 Å². The molecule has 0 bridgehead atoms. The van der Waals surface area contributed by atoms with E-state index < -0.39 is 11.5 Å². The van der Waals surface area contributed by atoms with Crippen molar-refractivity contribution in [3.05, 3.63) is 0 Å². The number of hydrogen-bond acceptors (Lipinski definition) is 3. The van der Waals surface area contributed by atoms with Crippen molar-refractivity contribution in [2.24, 2.45) is 5.92 Å². The Balaban J connectivity index is 3.87. The summed E-state index contributed by atoms with van der Waals surface area (Å²) in [6.07, 6.45) is 4.74. The highest BCUT2D eigenvalue weighted by molar-refractivity contribution is 5.78. The van der Waals surface area contributed by atoms with Crippen LogP contribution in [0.5, 0.6) is 0 Å². The normalized spacial score (nSPS) is 16.1. The van der Waals surface area contributed by atoms with E-state index in [0.29, 0.717) is 18.4 Å². The Labute approximate surface area is 124 Å². The van der Waals surface area contributed by atoms with E-state index in [-0.39, 0.29) is 0 Å². The van der Waals surface area contributed by atoms with Gasteiger partial charge in [0, 0.05) is 6.61 Å². The van der Waals surface area contributed by atoms with E-state index in [0.717, 1.165) is 38.8 Å². The molecule has 0 aromatic heterocycles. The third kappa shape index (κ3) is 8.54. The van der Waals surface area contributed by atoms with E-state index in [1.165, 1.54) is 0 Å². The number of aliphatic carboxylic acids is 1. The third-order valence-electron chi connectivity index (χ3n) is 3.51. The van der Waals surface area contributed by atoms with Gasteiger partial charge in [-0.3, -0.25) is 4.79 Å². The minimum absolute atomic E-state index is 0.291. The highest BCUT2D eigenvalue weighted by Gasteiger charge is 2.31. The minimum Gasteiger partial charge on any atom is -0.480 e. The van der Waals surface area contributed by atoms with Crippen LogP contribution in [0.3, 0.4) is 0 Å². The average Bonchev–Trinajstić information content (AvgIpc) is 2.34. The molecule has 4 nitrogen and oxygen atoms in total. The highest BCUT2D eigenvalue weighted by Crippen LogP contribution is 2.15. The fourth-order valence-corrected chi connectivity index (χ4v) is 2.27. The molecule has 120 valence electrons. The quantitative estimate of drug-likeness (QED) is 0.540. The lowest BCUT2D eigenvalue weighted by atomic mass is 9.95. The number of carbonyl (C=O) groups is 1. The Bertz CT molecular complexity index is 268. The SMILES string of the molecule is CCCNC(C)(CCCCOC(C)CC(C)C)C(=O)O. The summed E-state index contributed by atoms with van der Waals surface area (Å²) in [5.41, 5.74) is -0.806. The largest absolute Gasteiger partial charge is 0.480 e. The number of nitrogens with one attached hydrogen (secondary N) is 1. The Morgan fingerprint density at radius 2 is 1.95 bits per heavy atom. The summed E-state index contributed by atoms with van der Waals surface area (Å²) in [6, 6.07) is 0. The van der Waals surface area contributed by atoms with Crippen LogP contribution in [0.15, 0.2) is 0 Å². The number of unbranched alkanes of at least 4 members (excludes halogenated alkanes) is 1. The van der Waals surface area contributed by atoms with Crippen LogP contribution in [0.2, 0.25) is 0 Å². The van der Waals surface area contributed by atoms with Gasteiger partial charge in [-0.25, -0.2) is 0 Å². The molecule has 4 heteroatoms. The topological polar surface area (TPSA) is 58.6 Å². The van der Waals surface area contributed by atoms with Gasteiger partial charge in [0.1, 0.15) is 5.54 Å². The highest BCUT2D eigenvalue weighted by atomic mass is 16.5. The van der Waals surface area contributed by atoms with Crippen LogP contribution in [-0.2, 0) is 9.53 Å². The summed E-state index contributed by atoms with van der Waals surface area (Å²) < 4.78 is 5.74. The molecule has 0 heterocycles. The first-order valence-electron chi connectivity index (χ1n) is 7.91. The second-order valence-electron chi connectivity index (χ2n) is 6.33. The maximum Gasteiger partial charge on any atom is 0.323 e. The van der Waals surface area contributed by atoms with Crippen molar-refractivity contribution in [1.82, 2.24) is 5.32 Å². The van der Waals surface area contributed by atoms with E-state index in [9.17, 15) is 9.90 Å². The van der Waals surface area contributed by atoms with E-state index in [1.54, 1.807) is 6.92 Å². The average molecular weight is 287 g/mol. The molecule has 2 unspecified atom stereocenters. The maximum atomic E-state index is 11.3. The van der Waals surface area contributed by atoms with Gasteiger partial charge in [-0.15, -0.1) is 0 Å². The first kappa shape index (κ1) is 19.4. The van der Waals surface area contributed by atoms with E-state index >= 15 is 0 Å². The van der Waals surface area contributed by atoms with Crippen molar-refractivity contribution in [3.8, 4) is 0 Å². The Morgan fingerprint density at radius 3 is 2.45 bits per heavy atom. The van der Waals surface area contributed by atoms with Crippen molar-refractivity contribution in [3.63, 3.8) is 0 Å². The fraction of sp³-hybridized carbons (Fsp3) is 0.938. The second kappa shape index (κ2) is 10.2. The molecule has 0 aliphatic heterocycles. The lowest BCUT2D eigenvalue weighted by molar-refractivity contribution is -0.144. The van der Waals surface area contributed by atoms with Crippen molar-refractivity contribution in [1.29, 1.82) is 0 Å². The molecule has 0 fully saturated rings. The minimum atomic E-state index is -0.806. The summed E-state index contributed by atoms with van der Waals surface area (Å²) in [4.78, 5) is 11.3. The van der Waals surface area contributed by atoms with Crippen molar-refractivity contribution >= 4 is 5.97 Å². The Morgan fingerprint density at radius 1 is 1.30 bits per heavy atom. The lowest BCUT2D eigenvalue weighted by Gasteiger charge is -2.26. The molecule has 0 aliphatic rings. The van der Waals surface area contributed by atoms with Gasteiger partial charge in [-0.1, -0.05) is 20.8 Å². The summed E-state index contributed by atoms with van der Waals surface area (Å²) in [6.45, 7) is 11.8. The molecule has 0 spiro atoms. The number of ether oxygens (including phenoxy) is 1. The molecule has 0 aromatic rings. The monoisotopic (exact) mass is 287 g/mol. The van der Waals surface area contributed by atoms with Gasteiger partial charge in [0.25, 0.3) is 0 Å². The zero-order valence-electron chi connectivity index (χ0n) is 13.9.